The zero-order chi connectivity index (χ0) is 10.4. The Morgan fingerprint density at radius 2 is 1.79 bits per heavy atom. The Hall–Kier alpha value is -0.380. The molecule has 4 N–H and O–H groups in total. The molecule has 1 aromatic rings. The van der Waals surface area contributed by atoms with Crippen molar-refractivity contribution < 1.29 is 0 Å². The molecule has 0 saturated heterocycles. The highest BCUT2D eigenvalue weighted by Gasteiger charge is 2.09. The summed E-state index contributed by atoms with van der Waals surface area (Å²) in [6.07, 6.45) is 2.02. The van der Waals surface area contributed by atoms with Gasteiger partial charge in [0.15, 0.2) is 0 Å². The summed E-state index contributed by atoms with van der Waals surface area (Å²) in [5, 5.41) is 0. The molecule has 0 amide bonds. The molecule has 0 heterocycles. The van der Waals surface area contributed by atoms with Crippen molar-refractivity contribution in [3.05, 3.63) is 34.3 Å². The second-order valence-corrected chi connectivity index (χ2v) is 4.32. The number of nitrogens with two attached hydrogens (primary N) is 2. The van der Waals surface area contributed by atoms with Crippen LogP contribution >= 0.6 is 15.9 Å². The van der Waals surface area contributed by atoms with E-state index in [4.69, 9.17) is 11.5 Å². The lowest BCUT2D eigenvalue weighted by Crippen LogP contribution is -2.12. The summed E-state index contributed by atoms with van der Waals surface area (Å²) in [6.45, 7) is 1.44. The Kier molecular flexibility index (Phi) is 5.15. The normalized spacial score (nSPS) is 10.9. The Morgan fingerprint density at radius 3 is 2.29 bits per heavy atom. The summed E-state index contributed by atoms with van der Waals surface area (Å²) in [7, 11) is 0. The van der Waals surface area contributed by atoms with E-state index >= 15 is 0 Å². The van der Waals surface area contributed by atoms with Crippen LogP contribution in [0.4, 0.5) is 0 Å². The van der Waals surface area contributed by atoms with E-state index in [0.29, 0.717) is 5.92 Å². The van der Waals surface area contributed by atoms with Crippen LogP contribution in [-0.4, -0.2) is 13.1 Å². The Morgan fingerprint density at radius 1 is 1.14 bits per heavy atom. The molecule has 0 spiro atoms. The van der Waals surface area contributed by atoms with Crippen molar-refractivity contribution >= 4 is 15.9 Å². The van der Waals surface area contributed by atoms with Crippen molar-refractivity contribution in [1.82, 2.24) is 0 Å². The van der Waals surface area contributed by atoms with E-state index in [1.165, 1.54) is 5.56 Å². The van der Waals surface area contributed by atoms with Crippen molar-refractivity contribution in [2.45, 2.75) is 18.8 Å². The van der Waals surface area contributed by atoms with E-state index in [2.05, 4.69) is 34.1 Å². The van der Waals surface area contributed by atoms with Gasteiger partial charge in [0.25, 0.3) is 0 Å². The van der Waals surface area contributed by atoms with E-state index in [1.807, 2.05) is 6.07 Å². The van der Waals surface area contributed by atoms with E-state index in [9.17, 15) is 0 Å². The maximum atomic E-state index is 5.58. The van der Waals surface area contributed by atoms with Crippen LogP contribution in [0.2, 0.25) is 0 Å². The smallest absolute Gasteiger partial charge is 0.0178 e. The molecule has 0 atom stereocenters. The molecule has 0 aromatic heterocycles. The molecule has 14 heavy (non-hydrogen) atoms. The minimum atomic E-state index is 0.502. The molecular weight excluding hydrogens is 240 g/mol. The van der Waals surface area contributed by atoms with Crippen LogP contribution in [0.1, 0.15) is 24.3 Å². The van der Waals surface area contributed by atoms with Crippen LogP contribution in [0.5, 0.6) is 0 Å². The first-order valence-corrected chi connectivity index (χ1v) is 5.73. The predicted octanol–water partition coefficient (Wildman–Crippen LogP) is 2.23. The molecule has 0 bridgehead atoms. The fourth-order valence-corrected chi connectivity index (χ4v) is 2.06. The zero-order valence-electron chi connectivity index (χ0n) is 8.25. The van der Waals surface area contributed by atoms with Gasteiger partial charge in [-0.15, -0.1) is 0 Å². The van der Waals surface area contributed by atoms with Gasteiger partial charge in [-0.25, -0.2) is 0 Å². The number of hydrogen-bond donors (Lipinski definition) is 2. The first-order valence-electron chi connectivity index (χ1n) is 4.93. The summed E-state index contributed by atoms with van der Waals surface area (Å²) in [5.41, 5.74) is 12.5. The lowest BCUT2D eigenvalue weighted by atomic mass is 9.93. The van der Waals surface area contributed by atoms with Crippen LogP contribution in [0.15, 0.2) is 28.7 Å². The molecule has 3 heteroatoms. The predicted molar refractivity (Wildman–Crippen MR) is 64.2 cm³/mol. The zero-order valence-corrected chi connectivity index (χ0v) is 9.83. The molecule has 0 aliphatic rings. The maximum Gasteiger partial charge on any atom is 0.0178 e. The van der Waals surface area contributed by atoms with Gasteiger partial charge in [-0.3, -0.25) is 0 Å². The average molecular weight is 257 g/mol. The lowest BCUT2D eigenvalue weighted by molar-refractivity contribution is 0.591. The SMILES string of the molecule is NCCC(CCN)c1cccc(Br)c1. The Labute approximate surface area is 93.8 Å². The molecule has 0 fully saturated rings. The fourth-order valence-electron chi connectivity index (χ4n) is 1.64. The quantitative estimate of drug-likeness (QED) is 0.849. The second kappa shape index (κ2) is 6.17. The van der Waals surface area contributed by atoms with Crippen LogP contribution in [0.3, 0.4) is 0 Å². The molecule has 1 rings (SSSR count). The van der Waals surface area contributed by atoms with Gasteiger partial charge in [-0.2, -0.15) is 0 Å². The van der Waals surface area contributed by atoms with Gasteiger partial charge in [0.1, 0.15) is 0 Å². The summed E-state index contributed by atoms with van der Waals surface area (Å²) in [5.74, 6) is 0.502. The minimum absolute atomic E-state index is 0.502. The van der Waals surface area contributed by atoms with Gasteiger partial charge in [-0.05, 0) is 49.5 Å². The van der Waals surface area contributed by atoms with Gasteiger partial charge < -0.3 is 11.5 Å². The molecular formula is C11H17BrN2. The van der Waals surface area contributed by atoms with Crippen molar-refractivity contribution in [3.63, 3.8) is 0 Å². The van der Waals surface area contributed by atoms with Crippen molar-refractivity contribution in [2.75, 3.05) is 13.1 Å². The van der Waals surface area contributed by atoms with E-state index < -0.39 is 0 Å². The van der Waals surface area contributed by atoms with Gasteiger partial charge in [-0.1, -0.05) is 28.1 Å². The van der Waals surface area contributed by atoms with Gasteiger partial charge in [0.05, 0.1) is 0 Å². The number of hydrogen-bond acceptors (Lipinski definition) is 2. The fraction of sp³-hybridized carbons (Fsp3) is 0.455. The van der Waals surface area contributed by atoms with Crippen LogP contribution < -0.4 is 11.5 Å². The van der Waals surface area contributed by atoms with Gasteiger partial charge in [0, 0.05) is 4.47 Å². The molecule has 0 aliphatic heterocycles. The first kappa shape index (κ1) is 11.7. The van der Waals surface area contributed by atoms with E-state index in [0.717, 1.165) is 30.4 Å². The maximum absolute atomic E-state index is 5.58. The molecule has 0 saturated carbocycles. The van der Waals surface area contributed by atoms with Crippen molar-refractivity contribution in [3.8, 4) is 0 Å². The molecule has 0 aliphatic carbocycles. The number of benzene rings is 1. The summed E-state index contributed by atoms with van der Waals surface area (Å²) >= 11 is 3.47. The molecule has 0 radical (unpaired) electrons. The third-order valence-electron chi connectivity index (χ3n) is 2.35. The van der Waals surface area contributed by atoms with Crippen LogP contribution in [-0.2, 0) is 0 Å². The average Bonchev–Trinajstić information content (AvgIpc) is 2.17. The Bertz CT molecular complexity index is 270. The minimum Gasteiger partial charge on any atom is -0.330 e. The third-order valence-corrected chi connectivity index (χ3v) is 2.84. The van der Waals surface area contributed by atoms with Gasteiger partial charge in [0.2, 0.25) is 0 Å². The van der Waals surface area contributed by atoms with Gasteiger partial charge >= 0.3 is 0 Å². The second-order valence-electron chi connectivity index (χ2n) is 3.41. The third kappa shape index (κ3) is 3.40. The highest BCUT2D eigenvalue weighted by atomic mass is 79.9. The summed E-state index contributed by atoms with van der Waals surface area (Å²) in [6, 6.07) is 8.38. The van der Waals surface area contributed by atoms with E-state index in [1.54, 1.807) is 0 Å². The highest BCUT2D eigenvalue weighted by molar-refractivity contribution is 9.10. The Balaban J connectivity index is 2.75. The topological polar surface area (TPSA) is 52.0 Å². The molecule has 1 aromatic carbocycles. The first-order chi connectivity index (χ1) is 6.77. The number of rotatable bonds is 5. The molecule has 2 nitrogen and oxygen atoms in total. The van der Waals surface area contributed by atoms with Crippen LogP contribution in [0, 0.1) is 0 Å². The standard InChI is InChI=1S/C11H17BrN2/c12-11-3-1-2-10(8-11)9(4-6-13)5-7-14/h1-3,8-9H,4-7,13-14H2. The largest absolute Gasteiger partial charge is 0.330 e. The summed E-state index contributed by atoms with van der Waals surface area (Å²) in [4.78, 5) is 0. The monoisotopic (exact) mass is 256 g/mol. The summed E-state index contributed by atoms with van der Waals surface area (Å²) < 4.78 is 1.12. The molecule has 78 valence electrons. The van der Waals surface area contributed by atoms with Crippen molar-refractivity contribution in [1.29, 1.82) is 0 Å². The number of halogens is 1. The molecule has 0 unspecified atom stereocenters. The highest BCUT2D eigenvalue weighted by Crippen LogP contribution is 2.24. The van der Waals surface area contributed by atoms with Crippen LogP contribution in [0.25, 0.3) is 0 Å². The van der Waals surface area contributed by atoms with E-state index in [-0.39, 0.29) is 0 Å². The lowest BCUT2D eigenvalue weighted by Gasteiger charge is -2.15. The van der Waals surface area contributed by atoms with Crippen molar-refractivity contribution in [2.24, 2.45) is 11.5 Å².